The van der Waals surface area contributed by atoms with E-state index >= 15 is 0 Å². The van der Waals surface area contributed by atoms with E-state index in [9.17, 15) is 5.11 Å². The van der Waals surface area contributed by atoms with E-state index in [0.29, 0.717) is 0 Å². The minimum atomic E-state index is -0.266. The minimum absolute atomic E-state index is 0.227. The highest BCUT2D eigenvalue weighted by atomic mass is 31.0. The van der Waals surface area contributed by atoms with Crippen molar-refractivity contribution in [1.29, 1.82) is 0 Å². The summed E-state index contributed by atoms with van der Waals surface area (Å²) in [6, 6.07) is 0. The van der Waals surface area contributed by atoms with E-state index in [0.717, 1.165) is 31.8 Å². The zero-order valence-electron chi connectivity index (χ0n) is 12.1. The molecule has 2 aliphatic carbocycles. The van der Waals surface area contributed by atoms with Gasteiger partial charge in [0.05, 0.1) is 6.10 Å². The van der Waals surface area contributed by atoms with Crippen LogP contribution >= 0.6 is 9.24 Å². The summed E-state index contributed by atoms with van der Waals surface area (Å²) in [4.78, 5) is 0. The van der Waals surface area contributed by atoms with Crippen molar-refractivity contribution >= 4 is 9.24 Å². The lowest BCUT2D eigenvalue weighted by Gasteiger charge is -2.31. The molecule has 1 N–H and O–H groups in total. The van der Waals surface area contributed by atoms with Crippen LogP contribution < -0.4 is 0 Å². The highest BCUT2D eigenvalue weighted by molar-refractivity contribution is 7.16. The quantitative estimate of drug-likeness (QED) is 0.598. The summed E-state index contributed by atoms with van der Waals surface area (Å²) in [6.45, 7) is 6.97. The maximum atomic E-state index is 10.7. The molecule has 1 fully saturated rings. The summed E-state index contributed by atoms with van der Waals surface area (Å²) in [5.41, 5.74) is 5.95. The van der Waals surface area contributed by atoms with E-state index in [1.54, 1.807) is 5.57 Å². The maximum absolute atomic E-state index is 10.7. The average molecular weight is 266 g/mol. The Bertz CT molecular complexity index is 390. The van der Waals surface area contributed by atoms with Gasteiger partial charge in [-0.1, -0.05) is 38.3 Å². The zero-order valence-corrected chi connectivity index (χ0v) is 13.2. The lowest BCUT2D eigenvalue weighted by molar-refractivity contribution is 0.223. The molecule has 2 atom stereocenters. The van der Waals surface area contributed by atoms with E-state index in [1.165, 1.54) is 29.6 Å². The van der Waals surface area contributed by atoms with Crippen molar-refractivity contribution in [1.82, 2.24) is 0 Å². The van der Waals surface area contributed by atoms with Gasteiger partial charge in [0.2, 0.25) is 0 Å². The molecule has 2 unspecified atom stereocenters. The van der Waals surface area contributed by atoms with Gasteiger partial charge in [0, 0.05) is 0 Å². The molecule has 102 valence electrons. The summed E-state index contributed by atoms with van der Waals surface area (Å²) in [5.74, 6) is 0. The second kappa shape index (κ2) is 5.47. The molecule has 1 nitrogen and oxygen atoms in total. The number of aliphatic hydroxyl groups is 1. The van der Waals surface area contributed by atoms with Crippen LogP contribution in [-0.2, 0) is 0 Å². The van der Waals surface area contributed by atoms with Crippen molar-refractivity contribution in [3.63, 3.8) is 0 Å². The van der Waals surface area contributed by atoms with Gasteiger partial charge in [-0.15, -0.1) is 9.24 Å². The minimum Gasteiger partial charge on any atom is -0.384 e. The number of fused-ring (bicyclic) bond motifs is 2. The predicted molar refractivity (Wildman–Crippen MR) is 81.8 cm³/mol. The van der Waals surface area contributed by atoms with Gasteiger partial charge in [-0.25, -0.2) is 0 Å². The molecule has 0 spiro atoms. The number of hydrogen-bond donors (Lipinski definition) is 1. The number of hydrogen-bond acceptors (Lipinski definition) is 1. The van der Waals surface area contributed by atoms with E-state index in [2.05, 4.69) is 30.0 Å². The number of allylic oxidation sites excluding steroid dienone is 2. The maximum Gasteiger partial charge on any atom is 0.0966 e. The lowest BCUT2D eigenvalue weighted by atomic mass is 9.75. The largest absolute Gasteiger partial charge is 0.384 e. The van der Waals surface area contributed by atoms with E-state index in [-0.39, 0.29) is 11.5 Å². The lowest BCUT2D eigenvalue weighted by Crippen LogP contribution is -2.22. The molecule has 2 rings (SSSR count). The van der Waals surface area contributed by atoms with Crippen molar-refractivity contribution in [2.45, 2.75) is 65.4 Å². The smallest absolute Gasteiger partial charge is 0.0966 e. The highest BCUT2D eigenvalue weighted by Crippen LogP contribution is 2.47. The molecule has 0 aromatic heterocycles. The van der Waals surface area contributed by atoms with Crippen molar-refractivity contribution in [2.75, 3.05) is 6.16 Å². The summed E-state index contributed by atoms with van der Waals surface area (Å²) in [5, 5.41) is 10.7. The van der Waals surface area contributed by atoms with E-state index in [1.807, 2.05) is 0 Å². The van der Waals surface area contributed by atoms with Gasteiger partial charge in [-0.2, -0.15) is 0 Å². The van der Waals surface area contributed by atoms with Crippen LogP contribution in [0, 0.1) is 5.41 Å². The van der Waals surface area contributed by atoms with Gasteiger partial charge in [0.25, 0.3) is 0 Å². The van der Waals surface area contributed by atoms with Crippen molar-refractivity contribution in [3.05, 3.63) is 22.3 Å². The monoisotopic (exact) mass is 266 g/mol. The Kier molecular flexibility index (Phi) is 4.34. The molecule has 0 heterocycles. The van der Waals surface area contributed by atoms with Gasteiger partial charge < -0.3 is 5.11 Å². The van der Waals surface area contributed by atoms with Crippen LogP contribution in [0.5, 0.6) is 0 Å². The van der Waals surface area contributed by atoms with Crippen LogP contribution in [-0.4, -0.2) is 17.4 Å². The third kappa shape index (κ3) is 2.45. The van der Waals surface area contributed by atoms with Gasteiger partial charge in [-0.3, -0.25) is 0 Å². The van der Waals surface area contributed by atoms with Crippen LogP contribution in [0.1, 0.15) is 59.3 Å². The zero-order chi connectivity index (χ0) is 13.3. The van der Waals surface area contributed by atoms with Crippen molar-refractivity contribution in [2.24, 2.45) is 5.41 Å². The Balaban J connectivity index is 2.52. The molecule has 2 heteroatoms. The van der Waals surface area contributed by atoms with E-state index < -0.39 is 0 Å². The Hall–Kier alpha value is -0.130. The third-order valence-corrected chi connectivity index (χ3v) is 5.11. The third-order valence-electron chi connectivity index (χ3n) is 4.61. The first kappa shape index (κ1) is 14.3. The van der Waals surface area contributed by atoms with Crippen LogP contribution in [0.2, 0.25) is 0 Å². The first-order valence-corrected chi connectivity index (χ1v) is 8.14. The second-order valence-corrected chi connectivity index (χ2v) is 6.81. The molecular formula is C16H27OP. The molecule has 2 bridgehead atoms. The molecule has 0 aromatic rings. The number of aliphatic hydroxyl groups excluding tert-OH is 1. The first-order chi connectivity index (χ1) is 8.51. The summed E-state index contributed by atoms with van der Waals surface area (Å²) in [6.07, 6.45) is 7.63. The molecular weight excluding hydrogens is 239 g/mol. The van der Waals surface area contributed by atoms with Gasteiger partial charge in [0.15, 0.2) is 0 Å². The van der Waals surface area contributed by atoms with Crippen LogP contribution in [0.25, 0.3) is 0 Å². The molecule has 0 saturated heterocycles. The topological polar surface area (TPSA) is 20.2 Å². The summed E-state index contributed by atoms with van der Waals surface area (Å²) < 4.78 is 0. The number of rotatable bonds is 3. The average Bonchev–Trinajstić information content (AvgIpc) is 2.38. The fourth-order valence-corrected chi connectivity index (χ4v) is 4.19. The fourth-order valence-electron chi connectivity index (χ4n) is 3.78. The van der Waals surface area contributed by atoms with E-state index in [4.69, 9.17) is 0 Å². The normalized spacial score (nSPS) is 27.5. The highest BCUT2D eigenvalue weighted by Gasteiger charge is 2.36. The SMILES string of the molecule is CCCC1=C2CCCC(=C(CP)CC1(C)C)C2O. The Morgan fingerprint density at radius 1 is 1.28 bits per heavy atom. The van der Waals surface area contributed by atoms with Gasteiger partial charge in [0.1, 0.15) is 0 Å². The molecule has 0 amide bonds. The van der Waals surface area contributed by atoms with Crippen LogP contribution in [0.4, 0.5) is 0 Å². The summed E-state index contributed by atoms with van der Waals surface area (Å²) in [7, 11) is 2.85. The van der Waals surface area contributed by atoms with Crippen molar-refractivity contribution < 1.29 is 5.11 Å². The fraction of sp³-hybridized carbons (Fsp3) is 0.750. The molecule has 0 aliphatic heterocycles. The van der Waals surface area contributed by atoms with Crippen LogP contribution in [0.3, 0.4) is 0 Å². The second-order valence-electron chi connectivity index (χ2n) is 6.40. The predicted octanol–water partition coefficient (Wildman–Crippen LogP) is 4.23. The Morgan fingerprint density at radius 2 is 1.94 bits per heavy atom. The van der Waals surface area contributed by atoms with Gasteiger partial charge >= 0.3 is 0 Å². The standard InChI is InChI=1S/C16H27OP/c1-4-6-14-13-8-5-7-12(15(13)17)11(10-18)9-16(14,2)3/h15,17H,4-10,18H2,1-3H3. The summed E-state index contributed by atoms with van der Waals surface area (Å²) >= 11 is 0. The Labute approximate surface area is 114 Å². The van der Waals surface area contributed by atoms with Gasteiger partial charge in [-0.05, 0) is 54.8 Å². The van der Waals surface area contributed by atoms with Crippen LogP contribution in [0.15, 0.2) is 22.3 Å². The first-order valence-electron chi connectivity index (χ1n) is 7.32. The molecule has 1 saturated carbocycles. The molecule has 0 aromatic carbocycles. The Morgan fingerprint density at radius 3 is 2.56 bits per heavy atom. The molecule has 18 heavy (non-hydrogen) atoms. The molecule has 2 aliphatic rings. The van der Waals surface area contributed by atoms with Crippen molar-refractivity contribution in [3.8, 4) is 0 Å². The molecule has 0 radical (unpaired) electrons.